The third-order valence-corrected chi connectivity index (χ3v) is 3.90. The van der Waals surface area contributed by atoms with Crippen LogP contribution in [0.15, 0.2) is 22.3 Å². The van der Waals surface area contributed by atoms with E-state index < -0.39 is 6.10 Å². The van der Waals surface area contributed by atoms with Crippen molar-refractivity contribution in [3.63, 3.8) is 0 Å². The van der Waals surface area contributed by atoms with E-state index in [9.17, 15) is 5.11 Å². The zero-order valence-electron chi connectivity index (χ0n) is 10.2. The van der Waals surface area contributed by atoms with Crippen molar-refractivity contribution in [2.45, 2.75) is 51.7 Å². The van der Waals surface area contributed by atoms with Crippen molar-refractivity contribution in [1.82, 2.24) is 9.78 Å². The molecule has 1 unspecified atom stereocenters. The lowest BCUT2D eigenvalue weighted by Crippen LogP contribution is -2.10. The van der Waals surface area contributed by atoms with Gasteiger partial charge in [0.1, 0.15) is 6.10 Å². The summed E-state index contributed by atoms with van der Waals surface area (Å²) in [6.07, 6.45) is 9.18. The van der Waals surface area contributed by atoms with Crippen molar-refractivity contribution in [2.75, 3.05) is 0 Å². The van der Waals surface area contributed by atoms with Crippen LogP contribution in [-0.4, -0.2) is 14.9 Å². The highest BCUT2D eigenvalue weighted by Gasteiger charge is 2.19. The fourth-order valence-corrected chi connectivity index (χ4v) is 2.95. The molecule has 94 valence electrons. The molecule has 0 fully saturated rings. The number of halogens is 1. The van der Waals surface area contributed by atoms with Gasteiger partial charge in [-0.15, -0.1) is 0 Å². The Kier molecular flexibility index (Phi) is 4.40. The van der Waals surface area contributed by atoms with Crippen LogP contribution in [0, 0.1) is 0 Å². The molecule has 4 heteroatoms. The molecule has 0 aliphatic heterocycles. The molecule has 0 radical (unpaired) electrons. The van der Waals surface area contributed by atoms with E-state index in [1.807, 2.05) is 11.6 Å². The third-order valence-electron chi connectivity index (χ3n) is 3.29. The van der Waals surface area contributed by atoms with Crippen molar-refractivity contribution in [3.05, 3.63) is 28.0 Å². The molecule has 0 spiro atoms. The van der Waals surface area contributed by atoms with Gasteiger partial charge in [0.25, 0.3) is 0 Å². The Hall–Kier alpha value is -0.610. The van der Waals surface area contributed by atoms with E-state index in [-0.39, 0.29) is 0 Å². The Morgan fingerprint density at radius 3 is 3.00 bits per heavy atom. The molecule has 1 aliphatic carbocycles. The highest BCUT2D eigenvalue weighted by Crippen LogP contribution is 2.31. The van der Waals surface area contributed by atoms with Crippen LogP contribution in [0.1, 0.15) is 50.8 Å². The van der Waals surface area contributed by atoms with E-state index >= 15 is 0 Å². The van der Waals surface area contributed by atoms with Gasteiger partial charge < -0.3 is 5.11 Å². The second-order valence-electron chi connectivity index (χ2n) is 4.52. The van der Waals surface area contributed by atoms with E-state index in [0.29, 0.717) is 0 Å². The van der Waals surface area contributed by atoms with Crippen LogP contribution in [-0.2, 0) is 6.54 Å². The van der Waals surface area contributed by atoms with Crippen molar-refractivity contribution in [3.8, 4) is 0 Å². The van der Waals surface area contributed by atoms with Gasteiger partial charge in [-0.25, -0.2) is 0 Å². The largest absolute Gasteiger partial charge is 0.386 e. The number of aryl methyl sites for hydroxylation is 1. The number of aromatic nitrogens is 2. The molecule has 0 bridgehead atoms. The molecule has 1 N–H and O–H groups in total. The normalized spacial score (nSPS) is 17.9. The molecule has 1 aromatic heterocycles. The van der Waals surface area contributed by atoms with Gasteiger partial charge >= 0.3 is 0 Å². The Morgan fingerprint density at radius 1 is 1.53 bits per heavy atom. The first-order valence-corrected chi connectivity index (χ1v) is 7.08. The number of hydrogen-bond donors (Lipinski definition) is 1. The summed E-state index contributed by atoms with van der Waals surface area (Å²) >= 11 is 3.46. The Balaban J connectivity index is 2.10. The first-order chi connectivity index (χ1) is 8.22. The lowest BCUT2D eigenvalue weighted by Gasteiger charge is -2.18. The molecule has 1 heterocycles. The topological polar surface area (TPSA) is 38.0 Å². The van der Waals surface area contributed by atoms with Gasteiger partial charge in [-0.05, 0) is 55.0 Å². The lowest BCUT2D eigenvalue weighted by atomic mass is 9.94. The second-order valence-corrected chi connectivity index (χ2v) is 5.38. The fraction of sp³-hybridized carbons (Fsp3) is 0.615. The van der Waals surface area contributed by atoms with Crippen LogP contribution >= 0.6 is 15.9 Å². The fourth-order valence-electron chi connectivity index (χ4n) is 2.39. The molecule has 1 aromatic rings. The maximum Gasteiger partial charge on any atom is 0.100 e. The Morgan fingerprint density at radius 2 is 2.35 bits per heavy atom. The second kappa shape index (κ2) is 5.83. The molecule has 1 atom stereocenters. The Bertz CT molecular complexity index is 412. The summed E-state index contributed by atoms with van der Waals surface area (Å²) in [6, 6.07) is 0. The van der Waals surface area contributed by atoms with Gasteiger partial charge in [0.15, 0.2) is 0 Å². The summed E-state index contributed by atoms with van der Waals surface area (Å²) in [4.78, 5) is 0. The first kappa shape index (κ1) is 12.8. The minimum absolute atomic E-state index is 0.448. The molecule has 17 heavy (non-hydrogen) atoms. The molecule has 3 nitrogen and oxygen atoms in total. The number of rotatable bonds is 4. The standard InChI is InChI=1S/C13H19BrN2O/c1-2-16-13(11(14)9-15-16)12(17)8-10-6-4-3-5-7-10/h6,9,12,17H,2-5,7-8H2,1H3. The zero-order valence-corrected chi connectivity index (χ0v) is 11.8. The molecule has 2 rings (SSSR count). The number of aliphatic hydroxyl groups excluding tert-OH is 1. The lowest BCUT2D eigenvalue weighted by molar-refractivity contribution is 0.164. The molecule has 0 saturated carbocycles. The smallest absolute Gasteiger partial charge is 0.100 e. The van der Waals surface area contributed by atoms with Gasteiger partial charge in [-0.3, -0.25) is 4.68 Å². The predicted molar refractivity (Wildman–Crippen MR) is 71.7 cm³/mol. The molecular formula is C13H19BrN2O. The molecular weight excluding hydrogens is 280 g/mol. The predicted octanol–water partition coefficient (Wildman–Crippen LogP) is 3.59. The quantitative estimate of drug-likeness (QED) is 0.863. The number of aliphatic hydroxyl groups is 1. The highest BCUT2D eigenvalue weighted by atomic mass is 79.9. The van der Waals surface area contributed by atoms with E-state index in [2.05, 4.69) is 27.1 Å². The highest BCUT2D eigenvalue weighted by molar-refractivity contribution is 9.10. The minimum atomic E-state index is -0.448. The number of allylic oxidation sites excluding steroid dienone is 1. The summed E-state index contributed by atoms with van der Waals surface area (Å²) in [5, 5.41) is 14.6. The summed E-state index contributed by atoms with van der Waals surface area (Å²) in [5.41, 5.74) is 2.29. The van der Waals surface area contributed by atoms with E-state index in [0.717, 1.165) is 36.0 Å². The third kappa shape index (κ3) is 2.99. The summed E-state index contributed by atoms with van der Waals surface area (Å²) < 4.78 is 2.77. The first-order valence-electron chi connectivity index (χ1n) is 6.29. The van der Waals surface area contributed by atoms with Crippen molar-refractivity contribution < 1.29 is 5.11 Å². The van der Waals surface area contributed by atoms with Crippen molar-refractivity contribution >= 4 is 15.9 Å². The van der Waals surface area contributed by atoms with Gasteiger partial charge in [0.2, 0.25) is 0 Å². The zero-order chi connectivity index (χ0) is 12.3. The monoisotopic (exact) mass is 298 g/mol. The van der Waals surface area contributed by atoms with E-state index in [1.165, 1.54) is 18.4 Å². The van der Waals surface area contributed by atoms with Crippen LogP contribution in [0.4, 0.5) is 0 Å². The average molecular weight is 299 g/mol. The van der Waals surface area contributed by atoms with Gasteiger partial charge in [0.05, 0.1) is 16.4 Å². The molecule has 0 aromatic carbocycles. The van der Waals surface area contributed by atoms with E-state index in [4.69, 9.17) is 0 Å². The van der Waals surface area contributed by atoms with Gasteiger partial charge in [-0.2, -0.15) is 5.10 Å². The summed E-state index contributed by atoms with van der Waals surface area (Å²) in [5.74, 6) is 0. The van der Waals surface area contributed by atoms with Crippen LogP contribution in [0.2, 0.25) is 0 Å². The molecule has 0 amide bonds. The average Bonchev–Trinajstić information content (AvgIpc) is 2.71. The number of hydrogen-bond acceptors (Lipinski definition) is 2. The van der Waals surface area contributed by atoms with Crippen molar-refractivity contribution in [2.24, 2.45) is 0 Å². The summed E-state index contributed by atoms with van der Waals surface area (Å²) in [7, 11) is 0. The van der Waals surface area contributed by atoms with Crippen LogP contribution in [0.5, 0.6) is 0 Å². The van der Waals surface area contributed by atoms with Crippen LogP contribution in [0.25, 0.3) is 0 Å². The van der Waals surface area contributed by atoms with Gasteiger partial charge in [0, 0.05) is 6.54 Å². The molecule has 0 saturated heterocycles. The maximum atomic E-state index is 10.3. The number of nitrogens with zero attached hydrogens (tertiary/aromatic N) is 2. The van der Waals surface area contributed by atoms with Gasteiger partial charge in [-0.1, -0.05) is 11.6 Å². The van der Waals surface area contributed by atoms with E-state index in [1.54, 1.807) is 6.20 Å². The van der Waals surface area contributed by atoms with Crippen molar-refractivity contribution in [1.29, 1.82) is 0 Å². The molecule has 1 aliphatic rings. The summed E-state index contributed by atoms with van der Waals surface area (Å²) in [6.45, 7) is 2.83. The SMILES string of the molecule is CCn1ncc(Br)c1C(O)CC1=CCCCC1. The minimum Gasteiger partial charge on any atom is -0.386 e. The van der Waals surface area contributed by atoms with Crippen LogP contribution in [0.3, 0.4) is 0 Å². The maximum absolute atomic E-state index is 10.3. The Labute approximate surface area is 111 Å². The van der Waals surface area contributed by atoms with Crippen LogP contribution < -0.4 is 0 Å².